The highest BCUT2D eigenvalue weighted by atomic mass is 19.1. The van der Waals surface area contributed by atoms with E-state index in [9.17, 15) is 4.39 Å². The van der Waals surface area contributed by atoms with E-state index in [1.165, 1.54) is 30.9 Å². The van der Waals surface area contributed by atoms with Crippen LogP contribution in [0.15, 0.2) is 54.6 Å². The molecular formula is C20H25FN2. The molecule has 0 spiro atoms. The molecule has 2 atom stereocenters. The molecule has 1 fully saturated rings. The van der Waals surface area contributed by atoms with Crippen molar-refractivity contribution in [2.45, 2.75) is 50.9 Å². The molecular weight excluding hydrogens is 287 g/mol. The average molecular weight is 312 g/mol. The van der Waals surface area contributed by atoms with E-state index in [1.807, 2.05) is 18.2 Å². The largest absolute Gasteiger partial charge is 0.308 e. The van der Waals surface area contributed by atoms with Crippen molar-refractivity contribution < 1.29 is 4.39 Å². The van der Waals surface area contributed by atoms with E-state index in [2.05, 4.69) is 34.9 Å². The fourth-order valence-corrected chi connectivity index (χ4v) is 3.35. The minimum absolute atomic E-state index is 0.121. The van der Waals surface area contributed by atoms with Gasteiger partial charge in [-0.2, -0.15) is 0 Å². The lowest BCUT2D eigenvalue weighted by atomic mass is 9.90. The third-order valence-electron chi connectivity index (χ3n) is 4.69. The highest BCUT2D eigenvalue weighted by Crippen LogP contribution is 2.20. The van der Waals surface area contributed by atoms with Gasteiger partial charge in [0, 0.05) is 30.7 Å². The molecule has 0 bridgehead atoms. The van der Waals surface area contributed by atoms with E-state index in [-0.39, 0.29) is 5.82 Å². The van der Waals surface area contributed by atoms with Crippen molar-refractivity contribution in [2.24, 2.45) is 0 Å². The van der Waals surface area contributed by atoms with Crippen molar-refractivity contribution in [1.82, 2.24) is 10.6 Å². The van der Waals surface area contributed by atoms with Gasteiger partial charge in [0.1, 0.15) is 5.82 Å². The maximum Gasteiger partial charge on any atom is 0.127 e. The van der Waals surface area contributed by atoms with E-state index >= 15 is 0 Å². The Morgan fingerprint density at radius 3 is 2.09 bits per heavy atom. The second-order valence-electron chi connectivity index (χ2n) is 6.34. The lowest BCUT2D eigenvalue weighted by Crippen LogP contribution is -2.49. The number of benzene rings is 2. The lowest BCUT2D eigenvalue weighted by molar-refractivity contribution is 0.280. The summed E-state index contributed by atoms with van der Waals surface area (Å²) in [6, 6.07) is 18.4. The topological polar surface area (TPSA) is 24.1 Å². The maximum atomic E-state index is 13.8. The van der Waals surface area contributed by atoms with Crippen molar-refractivity contribution in [1.29, 1.82) is 0 Å². The molecule has 0 amide bonds. The molecule has 3 rings (SSSR count). The van der Waals surface area contributed by atoms with Crippen LogP contribution in [0.5, 0.6) is 0 Å². The minimum atomic E-state index is -0.121. The van der Waals surface area contributed by atoms with Crippen LogP contribution in [0.4, 0.5) is 4.39 Å². The van der Waals surface area contributed by atoms with Crippen LogP contribution in [0.2, 0.25) is 0 Å². The Morgan fingerprint density at radius 2 is 1.39 bits per heavy atom. The third-order valence-corrected chi connectivity index (χ3v) is 4.69. The van der Waals surface area contributed by atoms with Crippen LogP contribution in [0.1, 0.15) is 36.8 Å². The van der Waals surface area contributed by atoms with Gasteiger partial charge in [-0.05, 0) is 24.5 Å². The van der Waals surface area contributed by atoms with Gasteiger partial charge in [0.15, 0.2) is 0 Å². The number of hydrogen-bond acceptors (Lipinski definition) is 2. The summed E-state index contributed by atoms with van der Waals surface area (Å²) in [6.45, 7) is 1.49. The molecule has 3 heteroatoms. The first-order chi connectivity index (χ1) is 11.3. The second-order valence-corrected chi connectivity index (χ2v) is 6.34. The number of rotatable bonds is 6. The van der Waals surface area contributed by atoms with Crippen molar-refractivity contribution in [3.05, 3.63) is 71.5 Å². The van der Waals surface area contributed by atoms with Crippen molar-refractivity contribution >= 4 is 0 Å². The summed E-state index contributed by atoms with van der Waals surface area (Å²) in [4.78, 5) is 0. The molecule has 2 aromatic rings. The van der Waals surface area contributed by atoms with Gasteiger partial charge >= 0.3 is 0 Å². The molecule has 2 nitrogen and oxygen atoms in total. The van der Waals surface area contributed by atoms with Crippen LogP contribution in [-0.4, -0.2) is 12.1 Å². The molecule has 0 saturated heterocycles. The average Bonchev–Trinajstić information content (AvgIpc) is 2.61. The molecule has 1 saturated carbocycles. The van der Waals surface area contributed by atoms with E-state index in [0.717, 1.165) is 18.5 Å². The van der Waals surface area contributed by atoms with Crippen LogP contribution in [0, 0.1) is 5.82 Å². The first-order valence-electron chi connectivity index (χ1n) is 8.57. The molecule has 1 aliphatic rings. The van der Waals surface area contributed by atoms with Crippen molar-refractivity contribution in [2.75, 3.05) is 0 Å². The number of halogens is 1. The van der Waals surface area contributed by atoms with Gasteiger partial charge < -0.3 is 10.6 Å². The fourth-order valence-electron chi connectivity index (χ4n) is 3.35. The van der Waals surface area contributed by atoms with E-state index < -0.39 is 0 Å². The summed E-state index contributed by atoms with van der Waals surface area (Å²) >= 11 is 0. The zero-order valence-electron chi connectivity index (χ0n) is 13.5. The van der Waals surface area contributed by atoms with Crippen molar-refractivity contribution in [3.63, 3.8) is 0 Å². The first-order valence-corrected chi connectivity index (χ1v) is 8.57. The summed E-state index contributed by atoms with van der Waals surface area (Å²) in [7, 11) is 0. The third kappa shape index (κ3) is 4.63. The molecule has 23 heavy (non-hydrogen) atoms. The zero-order valence-corrected chi connectivity index (χ0v) is 13.5. The Morgan fingerprint density at radius 1 is 0.783 bits per heavy atom. The Balaban J connectivity index is 1.55. The summed E-state index contributed by atoms with van der Waals surface area (Å²) in [5, 5.41) is 7.25. The predicted octanol–water partition coefficient (Wildman–Crippen LogP) is 4.02. The monoisotopic (exact) mass is 312 g/mol. The maximum absolute atomic E-state index is 13.8. The molecule has 2 N–H and O–H groups in total. The van der Waals surface area contributed by atoms with Crippen molar-refractivity contribution in [3.8, 4) is 0 Å². The number of hydrogen-bond donors (Lipinski definition) is 2. The van der Waals surface area contributed by atoms with Gasteiger partial charge in [0.2, 0.25) is 0 Å². The normalized spacial score (nSPS) is 21.3. The van der Waals surface area contributed by atoms with Crippen LogP contribution in [-0.2, 0) is 13.1 Å². The smallest absolute Gasteiger partial charge is 0.127 e. The van der Waals surface area contributed by atoms with Gasteiger partial charge in [-0.1, -0.05) is 61.4 Å². The summed E-state index contributed by atoms with van der Waals surface area (Å²) < 4.78 is 13.8. The Hall–Kier alpha value is -1.71. The van der Waals surface area contributed by atoms with Crippen LogP contribution in [0.25, 0.3) is 0 Å². The lowest BCUT2D eigenvalue weighted by Gasteiger charge is -2.33. The molecule has 2 aromatic carbocycles. The Bertz CT molecular complexity index is 600. The van der Waals surface area contributed by atoms with Gasteiger partial charge in [-0.15, -0.1) is 0 Å². The molecule has 122 valence electrons. The molecule has 1 aliphatic carbocycles. The van der Waals surface area contributed by atoms with Crippen LogP contribution < -0.4 is 10.6 Å². The van der Waals surface area contributed by atoms with Crippen LogP contribution in [0.3, 0.4) is 0 Å². The second kappa shape index (κ2) is 8.23. The molecule has 2 unspecified atom stereocenters. The van der Waals surface area contributed by atoms with E-state index in [0.29, 0.717) is 18.6 Å². The summed E-state index contributed by atoms with van der Waals surface area (Å²) in [6.07, 6.45) is 4.85. The van der Waals surface area contributed by atoms with E-state index in [1.54, 1.807) is 6.07 Å². The number of nitrogens with one attached hydrogen (secondary N) is 2. The first kappa shape index (κ1) is 16.2. The Labute approximate surface area is 138 Å². The minimum Gasteiger partial charge on any atom is -0.308 e. The highest BCUT2D eigenvalue weighted by molar-refractivity contribution is 5.17. The molecule has 0 aromatic heterocycles. The fraction of sp³-hybridized carbons (Fsp3) is 0.400. The summed E-state index contributed by atoms with van der Waals surface area (Å²) in [5.41, 5.74) is 2.06. The van der Waals surface area contributed by atoms with E-state index in [4.69, 9.17) is 0 Å². The Kier molecular flexibility index (Phi) is 5.78. The highest BCUT2D eigenvalue weighted by Gasteiger charge is 2.24. The quantitative estimate of drug-likeness (QED) is 0.842. The van der Waals surface area contributed by atoms with Crippen LogP contribution >= 0.6 is 0 Å². The van der Waals surface area contributed by atoms with Gasteiger partial charge in [0.05, 0.1) is 0 Å². The zero-order chi connectivity index (χ0) is 15.9. The standard InChI is InChI=1S/C20H25FN2/c21-18-11-5-4-10-17(18)15-23-20-13-7-6-12-19(20)22-14-16-8-2-1-3-9-16/h1-5,8-11,19-20,22-23H,6-7,12-15H2. The van der Waals surface area contributed by atoms with Gasteiger partial charge in [0.25, 0.3) is 0 Å². The van der Waals surface area contributed by atoms with Gasteiger partial charge in [-0.3, -0.25) is 0 Å². The molecule has 0 aliphatic heterocycles. The molecule has 0 heterocycles. The molecule has 0 radical (unpaired) electrons. The van der Waals surface area contributed by atoms with Gasteiger partial charge in [-0.25, -0.2) is 4.39 Å². The SMILES string of the molecule is Fc1ccccc1CNC1CCCCC1NCc1ccccc1. The summed E-state index contributed by atoms with van der Waals surface area (Å²) in [5.74, 6) is -0.121. The predicted molar refractivity (Wildman–Crippen MR) is 92.6 cm³/mol.